The fourth-order valence-corrected chi connectivity index (χ4v) is 3.93. The van der Waals surface area contributed by atoms with Gasteiger partial charge in [0.15, 0.2) is 18.1 Å². The predicted octanol–water partition coefficient (Wildman–Crippen LogP) is 1.60. The van der Waals surface area contributed by atoms with Crippen LogP contribution in [0.2, 0.25) is 0 Å². The van der Waals surface area contributed by atoms with Crippen LogP contribution in [0.25, 0.3) is 0 Å². The molecule has 3 amide bonds. The van der Waals surface area contributed by atoms with E-state index in [0.29, 0.717) is 36.7 Å². The van der Waals surface area contributed by atoms with E-state index < -0.39 is 5.97 Å². The first kappa shape index (κ1) is 23.1. The number of carbonyl (C=O) groups excluding carboxylic acids is 4. The van der Waals surface area contributed by atoms with Crippen molar-refractivity contribution in [1.29, 1.82) is 0 Å². The van der Waals surface area contributed by atoms with E-state index in [-0.39, 0.29) is 42.7 Å². The van der Waals surface area contributed by atoms with Crippen molar-refractivity contribution in [3.8, 4) is 11.5 Å². The first-order chi connectivity index (χ1) is 16.4. The number of benzene rings is 2. The zero-order valence-corrected chi connectivity index (χ0v) is 19.0. The van der Waals surface area contributed by atoms with Crippen LogP contribution < -0.4 is 19.9 Å². The molecule has 178 valence electrons. The second kappa shape index (κ2) is 9.82. The lowest BCUT2D eigenvalue weighted by molar-refractivity contribution is -0.135. The fourth-order valence-electron chi connectivity index (χ4n) is 3.93. The third-order valence-electron chi connectivity index (χ3n) is 5.81. The molecule has 0 radical (unpaired) electrons. The van der Waals surface area contributed by atoms with Crippen molar-refractivity contribution in [3.63, 3.8) is 0 Å². The number of hydrogen-bond acceptors (Lipinski definition) is 7. The topological polar surface area (TPSA) is 114 Å². The van der Waals surface area contributed by atoms with Gasteiger partial charge < -0.3 is 19.1 Å². The van der Waals surface area contributed by atoms with Crippen LogP contribution in [0.3, 0.4) is 0 Å². The highest BCUT2D eigenvalue weighted by Crippen LogP contribution is 2.33. The highest BCUT2D eigenvalue weighted by atomic mass is 16.5. The molecule has 0 saturated carbocycles. The van der Waals surface area contributed by atoms with E-state index in [1.54, 1.807) is 19.1 Å². The Hall–Kier alpha value is -4.08. The third-order valence-corrected chi connectivity index (χ3v) is 5.81. The van der Waals surface area contributed by atoms with Crippen molar-refractivity contribution in [2.45, 2.75) is 25.8 Å². The maximum absolute atomic E-state index is 12.7. The van der Waals surface area contributed by atoms with Crippen LogP contribution >= 0.6 is 0 Å². The van der Waals surface area contributed by atoms with Crippen molar-refractivity contribution in [1.82, 2.24) is 10.3 Å². The van der Waals surface area contributed by atoms with Gasteiger partial charge in [-0.3, -0.25) is 19.8 Å². The van der Waals surface area contributed by atoms with E-state index in [2.05, 4.69) is 5.43 Å². The van der Waals surface area contributed by atoms with Crippen LogP contribution in [0, 0.1) is 0 Å². The largest absolute Gasteiger partial charge is 0.493 e. The van der Waals surface area contributed by atoms with Gasteiger partial charge >= 0.3 is 5.97 Å². The maximum Gasteiger partial charge on any atom is 0.338 e. The lowest BCUT2D eigenvalue weighted by atomic mass is 9.99. The molecule has 10 heteroatoms. The molecule has 4 rings (SSSR count). The summed E-state index contributed by atoms with van der Waals surface area (Å²) in [6.45, 7) is 0.503. The molecular formula is C24H25N3O7. The number of ether oxygens (including phenoxy) is 3. The first-order valence-electron chi connectivity index (χ1n) is 10.8. The summed E-state index contributed by atoms with van der Waals surface area (Å²) in [5.74, 6) is -0.201. The standard InChI is InChI=1S/C24H25N3O7/c1-32-19-11-16-9-10-26(13-17(16)12-20(19)33-2)23(30)14-34-24(31)15-3-5-18(6-4-15)27-22(29)8-7-21(28)25-27/h3-6,11-12H,7-10,13-14H2,1-2H3,(H,25,28). The number of fused-ring (bicyclic) bond motifs is 1. The molecule has 2 aromatic carbocycles. The Labute approximate surface area is 196 Å². The van der Waals surface area contributed by atoms with E-state index in [1.807, 2.05) is 12.1 Å². The lowest BCUT2D eigenvalue weighted by Crippen LogP contribution is -2.50. The van der Waals surface area contributed by atoms with Gasteiger partial charge in [-0.05, 0) is 53.9 Å². The summed E-state index contributed by atoms with van der Waals surface area (Å²) in [6, 6.07) is 9.80. The van der Waals surface area contributed by atoms with Gasteiger partial charge in [-0.25, -0.2) is 9.80 Å². The highest BCUT2D eigenvalue weighted by Gasteiger charge is 2.26. The number of methoxy groups -OCH3 is 2. The number of nitrogens with one attached hydrogen (secondary N) is 1. The zero-order valence-electron chi connectivity index (χ0n) is 19.0. The summed E-state index contributed by atoms with van der Waals surface area (Å²) in [6.07, 6.45) is 0.930. The third kappa shape index (κ3) is 4.80. The Morgan fingerprint density at radius 2 is 1.62 bits per heavy atom. The molecule has 34 heavy (non-hydrogen) atoms. The number of rotatable bonds is 6. The van der Waals surface area contributed by atoms with Crippen LogP contribution in [-0.2, 0) is 32.1 Å². The molecule has 2 aliphatic heterocycles. The minimum Gasteiger partial charge on any atom is -0.493 e. The van der Waals surface area contributed by atoms with Crippen LogP contribution in [0.5, 0.6) is 11.5 Å². The van der Waals surface area contributed by atoms with E-state index >= 15 is 0 Å². The molecule has 0 aliphatic carbocycles. The van der Waals surface area contributed by atoms with Gasteiger partial charge in [0.2, 0.25) is 11.8 Å². The van der Waals surface area contributed by atoms with E-state index in [0.717, 1.165) is 16.1 Å². The number of hydrazine groups is 1. The second-order valence-electron chi connectivity index (χ2n) is 7.93. The monoisotopic (exact) mass is 467 g/mol. The molecular weight excluding hydrogens is 442 g/mol. The molecule has 0 spiro atoms. The van der Waals surface area contributed by atoms with Gasteiger partial charge in [0, 0.05) is 25.9 Å². The molecule has 0 atom stereocenters. The Morgan fingerprint density at radius 1 is 0.941 bits per heavy atom. The van der Waals surface area contributed by atoms with E-state index in [1.165, 1.54) is 24.3 Å². The van der Waals surface area contributed by atoms with Gasteiger partial charge in [-0.1, -0.05) is 0 Å². The highest BCUT2D eigenvalue weighted by molar-refractivity contribution is 6.01. The predicted molar refractivity (Wildman–Crippen MR) is 120 cm³/mol. The molecule has 10 nitrogen and oxygen atoms in total. The second-order valence-corrected chi connectivity index (χ2v) is 7.93. The summed E-state index contributed by atoms with van der Waals surface area (Å²) in [5, 5.41) is 1.16. The zero-order chi connectivity index (χ0) is 24.2. The van der Waals surface area contributed by atoms with E-state index in [4.69, 9.17) is 14.2 Å². The molecule has 1 N–H and O–H groups in total. The van der Waals surface area contributed by atoms with Crippen LogP contribution in [0.1, 0.15) is 34.3 Å². The molecule has 1 fully saturated rings. The summed E-state index contributed by atoms with van der Waals surface area (Å²) in [7, 11) is 3.14. The minimum atomic E-state index is -0.655. The van der Waals surface area contributed by atoms with Gasteiger partial charge in [-0.2, -0.15) is 0 Å². The Morgan fingerprint density at radius 3 is 2.29 bits per heavy atom. The molecule has 2 aliphatic rings. The Kier molecular flexibility index (Phi) is 6.67. The molecule has 2 aromatic rings. The van der Waals surface area contributed by atoms with Crippen LogP contribution in [-0.4, -0.2) is 56.0 Å². The van der Waals surface area contributed by atoms with Gasteiger partial charge in [-0.15, -0.1) is 0 Å². The smallest absolute Gasteiger partial charge is 0.338 e. The van der Waals surface area contributed by atoms with Gasteiger partial charge in [0.05, 0.1) is 25.5 Å². The van der Waals surface area contributed by atoms with Crippen molar-refractivity contribution in [2.75, 3.05) is 32.4 Å². The van der Waals surface area contributed by atoms with Crippen molar-refractivity contribution >= 4 is 29.4 Å². The minimum absolute atomic E-state index is 0.124. The number of carbonyl (C=O) groups is 4. The average Bonchev–Trinajstić information content (AvgIpc) is 2.87. The van der Waals surface area contributed by atoms with Crippen LogP contribution in [0.15, 0.2) is 36.4 Å². The molecule has 2 heterocycles. The normalized spacial score (nSPS) is 15.4. The molecule has 0 unspecified atom stereocenters. The number of anilines is 1. The Bertz CT molecular complexity index is 1130. The number of amides is 3. The van der Waals surface area contributed by atoms with Gasteiger partial charge in [0.1, 0.15) is 0 Å². The lowest BCUT2D eigenvalue weighted by Gasteiger charge is -2.29. The average molecular weight is 467 g/mol. The number of nitrogens with zero attached hydrogens (tertiary/aromatic N) is 2. The summed E-state index contributed by atoms with van der Waals surface area (Å²) >= 11 is 0. The van der Waals surface area contributed by atoms with E-state index in [9.17, 15) is 19.2 Å². The summed E-state index contributed by atoms with van der Waals surface area (Å²) in [5.41, 5.74) is 5.20. The number of hydrogen-bond donors (Lipinski definition) is 1. The first-order valence-corrected chi connectivity index (χ1v) is 10.8. The fraction of sp³-hybridized carbons (Fsp3) is 0.333. The number of esters is 1. The summed E-state index contributed by atoms with van der Waals surface area (Å²) < 4.78 is 15.9. The van der Waals surface area contributed by atoms with Gasteiger partial charge in [0.25, 0.3) is 5.91 Å². The molecule has 1 saturated heterocycles. The van der Waals surface area contributed by atoms with Crippen molar-refractivity contribution < 1.29 is 33.4 Å². The maximum atomic E-state index is 12.7. The SMILES string of the molecule is COc1cc2c(cc1OC)CN(C(=O)COC(=O)c1ccc(N3NC(=O)CCC3=O)cc1)CC2. The summed E-state index contributed by atoms with van der Waals surface area (Å²) in [4.78, 5) is 50.3. The van der Waals surface area contributed by atoms with Crippen LogP contribution in [0.4, 0.5) is 5.69 Å². The molecule has 0 aromatic heterocycles. The molecule has 0 bridgehead atoms. The van der Waals surface area contributed by atoms with Crippen molar-refractivity contribution in [2.24, 2.45) is 0 Å². The quantitative estimate of drug-likeness (QED) is 0.642. The van der Waals surface area contributed by atoms with Crippen molar-refractivity contribution in [3.05, 3.63) is 53.1 Å². The Balaban J connectivity index is 1.34.